The third-order valence-electron chi connectivity index (χ3n) is 1.85. The van der Waals surface area contributed by atoms with E-state index < -0.39 is 0 Å². The molecule has 0 saturated heterocycles. The maximum absolute atomic E-state index is 5.62. The van der Waals surface area contributed by atoms with Crippen LogP contribution >= 0.6 is 36.1 Å². The van der Waals surface area contributed by atoms with Crippen molar-refractivity contribution in [3.8, 4) is 0 Å². The molecule has 0 aromatic rings. The zero-order chi connectivity index (χ0) is 13.7. The molecule has 6 heteroatoms. The summed E-state index contributed by atoms with van der Waals surface area (Å²) in [6.45, 7) is 10.7. The molecule has 0 fully saturated rings. The molecule has 0 spiro atoms. The highest BCUT2D eigenvalue weighted by atomic mass is 32.3. The molecule has 0 aromatic carbocycles. The average molecular weight is 315 g/mol. The Kier molecular flexibility index (Phi) is 13.6. The van der Waals surface area contributed by atoms with E-state index >= 15 is 0 Å². The molecule has 0 amide bonds. The van der Waals surface area contributed by atoms with Crippen molar-refractivity contribution in [1.82, 2.24) is 0 Å². The first-order chi connectivity index (χ1) is 8.74. The van der Waals surface area contributed by atoms with Crippen molar-refractivity contribution >= 4 is 36.1 Å². The van der Waals surface area contributed by atoms with E-state index in [1.54, 1.807) is 0 Å². The Labute approximate surface area is 125 Å². The highest BCUT2D eigenvalue weighted by Gasteiger charge is 2.34. The summed E-state index contributed by atoms with van der Waals surface area (Å²) in [5, 5.41) is 0. The molecule has 0 aromatic heterocycles. The minimum atomic E-state index is -0.223. The molecule has 110 valence electrons. The van der Waals surface area contributed by atoms with E-state index in [-0.39, 0.29) is 3.41 Å². The molecule has 0 aliphatic rings. The number of hydrogen-bond donors (Lipinski definition) is 0. The molecule has 0 atom stereocenters. The molecule has 0 unspecified atom stereocenters. The third kappa shape index (κ3) is 8.93. The second-order valence-electron chi connectivity index (χ2n) is 3.75. The summed E-state index contributed by atoms with van der Waals surface area (Å²) in [5.41, 5.74) is 0. The van der Waals surface area contributed by atoms with Crippen LogP contribution in [0.4, 0.5) is 0 Å². The van der Waals surface area contributed by atoms with Gasteiger partial charge in [0, 0.05) is 36.1 Å². The van der Waals surface area contributed by atoms with Gasteiger partial charge in [-0.05, 0) is 25.7 Å². The Bertz CT molecular complexity index is 155. The molecule has 3 nitrogen and oxygen atoms in total. The van der Waals surface area contributed by atoms with E-state index in [2.05, 4.69) is 27.7 Å². The van der Waals surface area contributed by atoms with Crippen molar-refractivity contribution in [3.05, 3.63) is 0 Å². The number of rotatable bonds is 13. The average Bonchev–Trinajstić information content (AvgIpc) is 2.39. The predicted molar refractivity (Wildman–Crippen MR) is 84.5 cm³/mol. The topological polar surface area (TPSA) is 27.7 Å². The van der Waals surface area contributed by atoms with Crippen LogP contribution in [0, 0.1) is 0 Å². The van der Waals surface area contributed by atoms with Gasteiger partial charge in [-0.2, -0.15) is 0 Å². The summed E-state index contributed by atoms with van der Waals surface area (Å²) in [6, 6.07) is 0. The molecule has 0 heterocycles. The largest absolute Gasteiger partial charge is 0.313 e. The van der Waals surface area contributed by atoms with Gasteiger partial charge in [-0.25, -0.2) is 0 Å². The minimum Gasteiger partial charge on any atom is -0.313 e. The number of hydrogen-bond acceptors (Lipinski definition) is 6. The summed E-state index contributed by atoms with van der Waals surface area (Å²) in [4.78, 5) is 0. The maximum Gasteiger partial charge on any atom is 0.183 e. The molecule has 0 radical (unpaired) electrons. The second-order valence-corrected chi connectivity index (χ2v) is 7.83. The Balaban J connectivity index is 4.20. The molecular weight excluding hydrogens is 288 g/mol. The van der Waals surface area contributed by atoms with Crippen LogP contribution in [-0.2, 0) is 12.5 Å². The summed E-state index contributed by atoms with van der Waals surface area (Å²) in [6.07, 6.45) is 3.99. The van der Waals surface area contributed by atoms with Crippen molar-refractivity contribution in [1.29, 1.82) is 0 Å². The molecule has 0 saturated carbocycles. The molecule has 0 bridgehead atoms. The Morgan fingerprint density at radius 1 is 0.667 bits per heavy atom. The van der Waals surface area contributed by atoms with Crippen molar-refractivity contribution in [2.24, 2.45) is 0 Å². The highest BCUT2D eigenvalue weighted by molar-refractivity contribution is 8.29. The van der Waals surface area contributed by atoms with E-state index in [9.17, 15) is 0 Å². The van der Waals surface area contributed by atoms with Gasteiger partial charge in [0.15, 0.2) is 3.41 Å². The van der Waals surface area contributed by atoms with E-state index in [1.807, 2.05) is 0 Å². The standard InChI is InChI=1S/C12H26O3S3/c1-5-9-13-16-12(8-4,17-14-10-6-2)18-15-11-7-3/h5-11H2,1-4H3. The monoisotopic (exact) mass is 314 g/mol. The van der Waals surface area contributed by atoms with Gasteiger partial charge in [-0.3, -0.25) is 0 Å². The Hall–Kier alpha value is 0.930. The van der Waals surface area contributed by atoms with Crippen molar-refractivity contribution < 1.29 is 12.5 Å². The fraction of sp³-hybridized carbons (Fsp3) is 1.00. The quantitative estimate of drug-likeness (QED) is 0.261. The molecule has 0 rings (SSSR count). The third-order valence-corrected chi connectivity index (χ3v) is 5.56. The fourth-order valence-corrected chi connectivity index (χ4v) is 3.70. The summed E-state index contributed by atoms with van der Waals surface area (Å²) >= 11 is 4.41. The normalized spacial score (nSPS) is 12.0. The lowest BCUT2D eigenvalue weighted by Gasteiger charge is -2.27. The molecule has 0 aliphatic heterocycles. The molecule has 18 heavy (non-hydrogen) atoms. The maximum atomic E-state index is 5.62. The molecule has 0 aliphatic carbocycles. The van der Waals surface area contributed by atoms with Crippen LogP contribution in [0.3, 0.4) is 0 Å². The summed E-state index contributed by atoms with van der Waals surface area (Å²) < 4.78 is 16.6. The zero-order valence-corrected chi connectivity index (χ0v) is 14.3. The van der Waals surface area contributed by atoms with Crippen LogP contribution < -0.4 is 0 Å². The van der Waals surface area contributed by atoms with Gasteiger partial charge in [0.1, 0.15) is 0 Å². The summed E-state index contributed by atoms with van der Waals surface area (Å²) in [7, 11) is 0. The van der Waals surface area contributed by atoms with Crippen LogP contribution in [0.2, 0.25) is 0 Å². The second kappa shape index (κ2) is 12.9. The van der Waals surface area contributed by atoms with E-state index in [1.165, 1.54) is 36.1 Å². The lowest BCUT2D eigenvalue weighted by molar-refractivity contribution is 0.353. The van der Waals surface area contributed by atoms with Gasteiger partial charge < -0.3 is 12.5 Å². The zero-order valence-electron chi connectivity index (χ0n) is 11.9. The summed E-state index contributed by atoms with van der Waals surface area (Å²) in [5.74, 6) is 0. The van der Waals surface area contributed by atoms with Crippen LogP contribution in [0.15, 0.2) is 0 Å². The Morgan fingerprint density at radius 3 is 1.22 bits per heavy atom. The van der Waals surface area contributed by atoms with Gasteiger partial charge in [0.25, 0.3) is 0 Å². The van der Waals surface area contributed by atoms with Gasteiger partial charge in [-0.15, -0.1) is 0 Å². The predicted octanol–water partition coefficient (Wildman–Crippen LogP) is 5.27. The first kappa shape index (κ1) is 18.9. The highest BCUT2D eigenvalue weighted by Crippen LogP contribution is 2.50. The lowest BCUT2D eigenvalue weighted by atomic mass is 10.5. The van der Waals surface area contributed by atoms with Crippen molar-refractivity contribution in [2.45, 2.75) is 56.8 Å². The van der Waals surface area contributed by atoms with Gasteiger partial charge in [0.05, 0.1) is 19.8 Å². The van der Waals surface area contributed by atoms with Gasteiger partial charge in [-0.1, -0.05) is 27.7 Å². The van der Waals surface area contributed by atoms with Crippen LogP contribution in [0.25, 0.3) is 0 Å². The smallest absolute Gasteiger partial charge is 0.183 e. The molecular formula is C12H26O3S3. The van der Waals surface area contributed by atoms with Crippen LogP contribution in [0.1, 0.15) is 53.4 Å². The van der Waals surface area contributed by atoms with Crippen molar-refractivity contribution in [2.75, 3.05) is 19.8 Å². The van der Waals surface area contributed by atoms with Gasteiger partial charge >= 0.3 is 0 Å². The van der Waals surface area contributed by atoms with Crippen LogP contribution in [-0.4, -0.2) is 23.2 Å². The fourth-order valence-electron chi connectivity index (χ4n) is 0.863. The SMILES string of the molecule is CCCOSC(CC)(SOCCC)SOCCC. The first-order valence-corrected chi connectivity index (χ1v) is 8.89. The molecule has 0 N–H and O–H groups in total. The lowest BCUT2D eigenvalue weighted by Crippen LogP contribution is -2.17. The van der Waals surface area contributed by atoms with Crippen LogP contribution in [0.5, 0.6) is 0 Å². The van der Waals surface area contributed by atoms with E-state index in [0.717, 1.165) is 45.5 Å². The minimum absolute atomic E-state index is 0.223. The first-order valence-electron chi connectivity index (χ1n) is 6.66. The van der Waals surface area contributed by atoms with Gasteiger partial charge in [0.2, 0.25) is 0 Å². The van der Waals surface area contributed by atoms with E-state index in [0.29, 0.717) is 0 Å². The van der Waals surface area contributed by atoms with E-state index in [4.69, 9.17) is 12.5 Å². The van der Waals surface area contributed by atoms with Crippen molar-refractivity contribution in [3.63, 3.8) is 0 Å². The Morgan fingerprint density at radius 2 is 1.00 bits per heavy atom.